The van der Waals surface area contributed by atoms with Crippen LogP contribution in [0.15, 0.2) is 24.3 Å². The number of carbonyl (C=O) groups excluding carboxylic acids is 1. The number of aryl methyl sites for hydroxylation is 1. The lowest BCUT2D eigenvalue weighted by Gasteiger charge is -2.32. The lowest BCUT2D eigenvalue weighted by atomic mass is 9.97. The SMILES string of the molecule is Cc1ccccc1C(=O)N1CCC[C@H](CN)C1. The van der Waals surface area contributed by atoms with Gasteiger partial charge in [-0.2, -0.15) is 0 Å². The summed E-state index contributed by atoms with van der Waals surface area (Å²) in [6.45, 7) is 4.34. The fourth-order valence-electron chi connectivity index (χ4n) is 2.43. The van der Waals surface area contributed by atoms with Gasteiger partial charge in [0.1, 0.15) is 0 Å². The van der Waals surface area contributed by atoms with Crippen molar-refractivity contribution in [2.45, 2.75) is 19.8 Å². The van der Waals surface area contributed by atoms with E-state index in [1.165, 1.54) is 0 Å². The van der Waals surface area contributed by atoms with Gasteiger partial charge in [0.05, 0.1) is 0 Å². The maximum Gasteiger partial charge on any atom is 0.254 e. The first kappa shape index (κ1) is 12.1. The molecule has 92 valence electrons. The Labute approximate surface area is 103 Å². The third kappa shape index (κ3) is 2.67. The standard InChI is InChI=1S/C14H20N2O/c1-11-5-2-3-7-13(11)14(17)16-8-4-6-12(9-15)10-16/h2-3,5,7,12H,4,6,8-10,15H2,1H3/t12-/m1/s1. The van der Waals surface area contributed by atoms with Crippen LogP contribution in [0.3, 0.4) is 0 Å². The lowest BCUT2D eigenvalue weighted by Crippen LogP contribution is -2.42. The van der Waals surface area contributed by atoms with Gasteiger partial charge in [0.15, 0.2) is 0 Å². The molecule has 3 nitrogen and oxygen atoms in total. The number of benzene rings is 1. The van der Waals surface area contributed by atoms with Crippen LogP contribution in [-0.2, 0) is 0 Å². The van der Waals surface area contributed by atoms with Gasteiger partial charge in [-0.15, -0.1) is 0 Å². The highest BCUT2D eigenvalue weighted by Gasteiger charge is 2.24. The lowest BCUT2D eigenvalue weighted by molar-refractivity contribution is 0.0677. The highest BCUT2D eigenvalue weighted by atomic mass is 16.2. The minimum Gasteiger partial charge on any atom is -0.338 e. The highest BCUT2D eigenvalue weighted by molar-refractivity contribution is 5.95. The van der Waals surface area contributed by atoms with E-state index in [9.17, 15) is 4.79 Å². The number of nitrogens with zero attached hydrogens (tertiary/aromatic N) is 1. The molecule has 1 aliphatic heterocycles. The minimum atomic E-state index is 0.154. The maximum absolute atomic E-state index is 12.4. The molecule has 0 radical (unpaired) electrons. The summed E-state index contributed by atoms with van der Waals surface area (Å²) in [5.41, 5.74) is 7.57. The number of hydrogen-bond acceptors (Lipinski definition) is 2. The minimum absolute atomic E-state index is 0.154. The van der Waals surface area contributed by atoms with Crippen molar-refractivity contribution >= 4 is 5.91 Å². The number of rotatable bonds is 2. The van der Waals surface area contributed by atoms with Gasteiger partial charge in [-0.1, -0.05) is 18.2 Å². The molecule has 1 amide bonds. The predicted molar refractivity (Wildman–Crippen MR) is 68.9 cm³/mol. The van der Waals surface area contributed by atoms with Crippen molar-refractivity contribution in [3.63, 3.8) is 0 Å². The van der Waals surface area contributed by atoms with E-state index in [1.54, 1.807) is 0 Å². The number of piperidine rings is 1. The molecule has 0 aliphatic carbocycles. The Morgan fingerprint density at radius 2 is 2.24 bits per heavy atom. The summed E-state index contributed by atoms with van der Waals surface area (Å²) in [7, 11) is 0. The second-order valence-corrected chi connectivity index (χ2v) is 4.81. The fourth-order valence-corrected chi connectivity index (χ4v) is 2.43. The van der Waals surface area contributed by atoms with Crippen LogP contribution in [0.5, 0.6) is 0 Å². The third-order valence-electron chi connectivity index (χ3n) is 3.52. The first-order chi connectivity index (χ1) is 8.22. The quantitative estimate of drug-likeness (QED) is 0.845. The molecule has 1 aromatic carbocycles. The Bertz CT molecular complexity index is 403. The van der Waals surface area contributed by atoms with Crippen LogP contribution in [0.25, 0.3) is 0 Å². The van der Waals surface area contributed by atoms with E-state index in [-0.39, 0.29) is 5.91 Å². The molecule has 1 fully saturated rings. The monoisotopic (exact) mass is 232 g/mol. The van der Waals surface area contributed by atoms with E-state index in [4.69, 9.17) is 5.73 Å². The van der Waals surface area contributed by atoms with Crippen LogP contribution in [0, 0.1) is 12.8 Å². The van der Waals surface area contributed by atoms with Gasteiger partial charge in [-0.3, -0.25) is 4.79 Å². The molecule has 1 aromatic rings. The second-order valence-electron chi connectivity index (χ2n) is 4.81. The van der Waals surface area contributed by atoms with E-state index in [1.807, 2.05) is 36.1 Å². The van der Waals surface area contributed by atoms with E-state index < -0.39 is 0 Å². The molecule has 1 aliphatic rings. The van der Waals surface area contributed by atoms with Gasteiger partial charge in [0, 0.05) is 18.7 Å². The van der Waals surface area contributed by atoms with E-state index in [2.05, 4.69) is 0 Å². The molecule has 0 unspecified atom stereocenters. The number of carbonyl (C=O) groups is 1. The summed E-state index contributed by atoms with van der Waals surface area (Å²) in [5.74, 6) is 0.623. The molecule has 0 spiro atoms. The number of likely N-dealkylation sites (tertiary alicyclic amines) is 1. The Kier molecular flexibility index (Phi) is 3.79. The first-order valence-corrected chi connectivity index (χ1v) is 6.27. The third-order valence-corrected chi connectivity index (χ3v) is 3.52. The Morgan fingerprint density at radius 1 is 1.47 bits per heavy atom. The van der Waals surface area contributed by atoms with Crippen molar-refractivity contribution in [1.29, 1.82) is 0 Å². The molecule has 1 atom stereocenters. The smallest absolute Gasteiger partial charge is 0.254 e. The van der Waals surface area contributed by atoms with Crippen LogP contribution < -0.4 is 5.73 Å². The number of nitrogens with two attached hydrogens (primary N) is 1. The Morgan fingerprint density at radius 3 is 2.94 bits per heavy atom. The van der Waals surface area contributed by atoms with Gasteiger partial charge in [0.2, 0.25) is 0 Å². The zero-order valence-electron chi connectivity index (χ0n) is 10.4. The summed E-state index contributed by atoms with van der Waals surface area (Å²) < 4.78 is 0. The average Bonchev–Trinajstić information content (AvgIpc) is 2.38. The molecule has 1 heterocycles. The average molecular weight is 232 g/mol. The normalized spacial score (nSPS) is 20.4. The van der Waals surface area contributed by atoms with Crippen molar-refractivity contribution in [2.24, 2.45) is 11.7 Å². The van der Waals surface area contributed by atoms with Crippen molar-refractivity contribution in [3.05, 3.63) is 35.4 Å². The topological polar surface area (TPSA) is 46.3 Å². The van der Waals surface area contributed by atoms with Gasteiger partial charge in [-0.25, -0.2) is 0 Å². The maximum atomic E-state index is 12.4. The van der Waals surface area contributed by atoms with Crippen molar-refractivity contribution < 1.29 is 4.79 Å². The summed E-state index contributed by atoms with van der Waals surface area (Å²) >= 11 is 0. The summed E-state index contributed by atoms with van der Waals surface area (Å²) in [4.78, 5) is 14.3. The van der Waals surface area contributed by atoms with Crippen LogP contribution in [-0.4, -0.2) is 30.4 Å². The molecule has 2 N–H and O–H groups in total. The van der Waals surface area contributed by atoms with Gasteiger partial charge < -0.3 is 10.6 Å². The predicted octanol–water partition coefficient (Wildman–Crippen LogP) is 1.81. The zero-order chi connectivity index (χ0) is 12.3. The largest absolute Gasteiger partial charge is 0.338 e. The van der Waals surface area contributed by atoms with Crippen LogP contribution in [0.4, 0.5) is 0 Å². The summed E-state index contributed by atoms with van der Waals surface area (Å²) in [5, 5.41) is 0. The van der Waals surface area contributed by atoms with E-state index >= 15 is 0 Å². The molecule has 0 aromatic heterocycles. The van der Waals surface area contributed by atoms with Crippen molar-refractivity contribution in [3.8, 4) is 0 Å². The molecular weight excluding hydrogens is 212 g/mol. The summed E-state index contributed by atoms with van der Waals surface area (Å²) in [6, 6.07) is 7.77. The van der Waals surface area contributed by atoms with Crippen LogP contribution >= 0.6 is 0 Å². The molecule has 3 heteroatoms. The van der Waals surface area contributed by atoms with Crippen LogP contribution in [0.2, 0.25) is 0 Å². The van der Waals surface area contributed by atoms with Gasteiger partial charge >= 0.3 is 0 Å². The second kappa shape index (κ2) is 5.32. The van der Waals surface area contributed by atoms with E-state index in [0.29, 0.717) is 12.5 Å². The Hall–Kier alpha value is -1.35. The molecule has 2 rings (SSSR count). The zero-order valence-corrected chi connectivity index (χ0v) is 10.4. The highest BCUT2D eigenvalue weighted by Crippen LogP contribution is 2.19. The molecule has 0 saturated carbocycles. The molecule has 17 heavy (non-hydrogen) atoms. The number of amides is 1. The van der Waals surface area contributed by atoms with Crippen LogP contribution in [0.1, 0.15) is 28.8 Å². The van der Waals surface area contributed by atoms with Gasteiger partial charge in [0.25, 0.3) is 5.91 Å². The molecule has 0 bridgehead atoms. The molecule has 1 saturated heterocycles. The Balaban J connectivity index is 2.12. The van der Waals surface area contributed by atoms with Gasteiger partial charge in [-0.05, 0) is 43.9 Å². The van der Waals surface area contributed by atoms with Crippen molar-refractivity contribution in [1.82, 2.24) is 4.90 Å². The summed E-state index contributed by atoms with van der Waals surface area (Å²) in [6.07, 6.45) is 2.22. The number of hydrogen-bond donors (Lipinski definition) is 1. The molecular formula is C14H20N2O. The first-order valence-electron chi connectivity index (χ1n) is 6.27. The fraction of sp³-hybridized carbons (Fsp3) is 0.500. The van der Waals surface area contributed by atoms with E-state index in [0.717, 1.165) is 37.1 Å². The van der Waals surface area contributed by atoms with Crippen molar-refractivity contribution in [2.75, 3.05) is 19.6 Å².